The first-order valence-corrected chi connectivity index (χ1v) is 5.69. The van der Waals surface area contributed by atoms with Gasteiger partial charge in [-0.2, -0.15) is 0 Å². The average molecular weight is 199 g/mol. The molecule has 2 saturated heterocycles. The lowest BCUT2D eigenvalue weighted by atomic mass is 9.94. The number of rotatable bonds is 3. The van der Waals surface area contributed by atoms with Crippen molar-refractivity contribution in [2.45, 2.75) is 50.9 Å². The number of hydrogen-bond donors (Lipinski definition) is 1. The van der Waals surface area contributed by atoms with Gasteiger partial charge in [0.15, 0.2) is 0 Å². The molecule has 0 spiro atoms. The molecule has 14 heavy (non-hydrogen) atoms. The Bertz CT molecular complexity index is 192. The third-order valence-electron chi connectivity index (χ3n) is 3.64. The maximum Gasteiger partial charge on any atom is 0.0726 e. The minimum atomic E-state index is 0.159. The van der Waals surface area contributed by atoms with Crippen LogP contribution in [0.25, 0.3) is 0 Å². The van der Waals surface area contributed by atoms with E-state index in [-0.39, 0.29) is 5.54 Å². The zero-order valence-corrected chi connectivity index (χ0v) is 9.21. The highest BCUT2D eigenvalue weighted by molar-refractivity contribution is 4.94. The topological polar surface area (TPSA) is 30.5 Å². The maximum absolute atomic E-state index is 5.59. The van der Waals surface area contributed by atoms with Crippen molar-refractivity contribution >= 4 is 0 Å². The highest BCUT2D eigenvalue weighted by Crippen LogP contribution is 2.25. The van der Waals surface area contributed by atoms with E-state index in [4.69, 9.17) is 9.47 Å². The second kappa shape index (κ2) is 4.17. The molecule has 0 aliphatic carbocycles. The molecule has 3 unspecified atom stereocenters. The smallest absolute Gasteiger partial charge is 0.0726 e. The monoisotopic (exact) mass is 199 g/mol. The summed E-state index contributed by atoms with van der Waals surface area (Å²) in [5.41, 5.74) is 0.159. The lowest BCUT2D eigenvalue weighted by molar-refractivity contribution is 0.0708. The Balaban J connectivity index is 1.78. The van der Waals surface area contributed by atoms with Gasteiger partial charge in [-0.25, -0.2) is 0 Å². The lowest BCUT2D eigenvalue weighted by Gasteiger charge is -2.30. The molecule has 2 heterocycles. The minimum absolute atomic E-state index is 0.159. The van der Waals surface area contributed by atoms with Crippen molar-refractivity contribution in [1.82, 2.24) is 5.32 Å². The zero-order chi connectivity index (χ0) is 10.0. The van der Waals surface area contributed by atoms with Crippen LogP contribution in [0.2, 0.25) is 0 Å². The van der Waals surface area contributed by atoms with Gasteiger partial charge in [-0.15, -0.1) is 0 Å². The van der Waals surface area contributed by atoms with E-state index in [1.807, 2.05) is 0 Å². The normalized spacial score (nSPS) is 43.3. The Morgan fingerprint density at radius 2 is 2.21 bits per heavy atom. The quantitative estimate of drug-likeness (QED) is 0.743. The van der Waals surface area contributed by atoms with Crippen LogP contribution in [0.1, 0.15) is 33.1 Å². The molecule has 0 radical (unpaired) electrons. The van der Waals surface area contributed by atoms with Gasteiger partial charge < -0.3 is 14.8 Å². The molecule has 82 valence electrons. The summed E-state index contributed by atoms with van der Waals surface area (Å²) in [6.07, 6.45) is 4.29. The van der Waals surface area contributed by atoms with Crippen molar-refractivity contribution in [3.05, 3.63) is 0 Å². The molecule has 0 aromatic heterocycles. The van der Waals surface area contributed by atoms with Gasteiger partial charge in [0.05, 0.1) is 12.2 Å². The number of hydrogen-bond acceptors (Lipinski definition) is 3. The summed E-state index contributed by atoms with van der Waals surface area (Å²) in [6, 6.07) is 0. The van der Waals surface area contributed by atoms with E-state index in [2.05, 4.69) is 19.2 Å². The zero-order valence-electron chi connectivity index (χ0n) is 9.21. The molecule has 0 amide bonds. The summed E-state index contributed by atoms with van der Waals surface area (Å²) >= 11 is 0. The van der Waals surface area contributed by atoms with Gasteiger partial charge in [-0.05, 0) is 33.1 Å². The lowest BCUT2D eigenvalue weighted by Crippen LogP contribution is -2.50. The number of nitrogens with one attached hydrogen (secondary N) is 1. The number of ether oxygens (including phenoxy) is 2. The predicted molar refractivity (Wildman–Crippen MR) is 55.4 cm³/mol. The second-order valence-electron chi connectivity index (χ2n) is 4.70. The van der Waals surface area contributed by atoms with Crippen LogP contribution >= 0.6 is 0 Å². The van der Waals surface area contributed by atoms with E-state index < -0.39 is 0 Å². The fourth-order valence-corrected chi connectivity index (χ4v) is 2.22. The van der Waals surface area contributed by atoms with Crippen LogP contribution in [-0.4, -0.2) is 37.5 Å². The van der Waals surface area contributed by atoms with Gasteiger partial charge in [-0.3, -0.25) is 0 Å². The first kappa shape index (κ1) is 10.4. The van der Waals surface area contributed by atoms with Gasteiger partial charge in [0, 0.05) is 25.3 Å². The molecular weight excluding hydrogens is 178 g/mol. The van der Waals surface area contributed by atoms with Crippen molar-refractivity contribution in [3.63, 3.8) is 0 Å². The Kier molecular flexibility index (Phi) is 3.10. The van der Waals surface area contributed by atoms with Crippen LogP contribution in [0.4, 0.5) is 0 Å². The van der Waals surface area contributed by atoms with Crippen molar-refractivity contribution in [1.29, 1.82) is 0 Å². The summed E-state index contributed by atoms with van der Waals surface area (Å²) in [7, 11) is 0. The Labute approximate surface area is 86.2 Å². The maximum atomic E-state index is 5.59. The third-order valence-corrected chi connectivity index (χ3v) is 3.64. The minimum Gasteiger partial charge on any atom is -0.377 e. The molecule has 2 aliphatic rings. The van der Waals surface area contributed by atoms with Gasteiger partial charge in [0.2, 0.25) is 0 Å². The van der Waals surface area contributed by atoms with Gasteiger partial charge >= 0.3 is 0 Å². The third kappa shape index (κ3) is 2.10. The van der Waals surface area contributed by atoms with Gasteiger partial charge in [-0.1, -0.05) is 0 Å². The highest BCUT2D eigenvalue weighted by Gasteiger charge is 2.37. The van der Waals surface area contributed by atoms with Gasteiger partial charge in [0.25, 0.3) is 0 Å². The summed E-state index contributed by atoms with van der Waals surface area (Å²) in [5, 5.41) is 3.60. The molecule has 3 heteroatoms. The molecule has 0 aromatic carbocycles. The summed E-state index contributed by atoms with van der Waals surface area (Å²) in [5.74, 6) is 0. The van der Waals surface area contributed by atoms with E-state index in [1.54, 1.807) is 0 Å². The molecule has 0 bridgehead atoms. The average Bonchev–Trinajstić information content (AvgIpc) is 2.75. The molecule has 2 aliphatic heterocycles. The van der Waals surface area contributed by atoms with Crippen molar-refractivity contribution in [2.75, 3.05) is 19.8 Å². The Morgan fingerprint density at radius 3 is 2.79 bits per heavy atom. The Hall–Kier alpha value is -0.120. The van der Waals surface area contributed by atoms with Crippen molar-refractivity contribution in [2.24, 2.45) is 0 Å². The molecule has 0 aromatic rings. The molecule has 3 atom stereocenters. The van der Waals surface area contributed by atoms with E-state index in [1.165, 1.54) is 12.8 Å². The van der Waals surface area contributed by atoms with Crippen LogP contribution in [0, 0.1) is 0 Å². The summed E-state index contributed by atoms with van der Waals surface area (Å²) in [4.78, 5) is 0. The fourth-order valence-electron chi connectivity index (χ4n) is 2.22. The Morgan fingerprint density at radius 1 is 1.36 bits per heavy atom. The molecular formula is C11H21NO2. The standard InChI is InChI=1S/C11H21NO2/c1-9-11(2,5-7-13-9)12-8-10-4-3-6-14-10/h9-10,12H,3-8H2,1-2H3. The first-order chi connectivity index (χ1) is 6.71. The largest absolute Gasteiger partial charge is 0.377 e. The molecule has 1 N–H and O–H groups in total. The van der Waals surface area contributed by atoms with Crippen LogP contribution in [0.5, 0.6) is 0 Å². The molecule has 2 fully saturated rings. The van der Waals surface area contributed by atoms with E-state index in [0.717, 1.165) is 26.2 Å². The second-order valence-corrected chi connectivity index (χ2v) is 4.70. The first-order valence-electron chi connectivity index (χ1n) is 5.69. The van der Waals surface area contributed by atoms with Crippen LogP contribution in [0.3, 0.4) is 0 Å². The van der Waals surface area contributed by atoms with Crippen molar-refractivity contribution < 1.29 is 9.47 Å². The highest BCUT2D eigenvalue weighted by atomic mass is 16.5. The molecule has 3 nitrogen and oxygen atoms in total. The van der Waals surface area contributed by atoms with E-state index >= 15 is 0 Å². The van der Waals surface area contributed by atoms with Crippen LogP contribution < -0.4 is 5.32 Å². The van der Waals surface area contributed by atoms with Crippen molar-refractivity contribution in [3.8, 4) is 0 Å². The molecule has 2 rings (SSSR count). The predicted octanol–water partition coefficient (Wildman–Crippen LogP) is 1.32. The summed E-state index contributed by atoms with van der Waals surface area (Å²) in [6.45, 7) is 7.20. The van der Waals surface area contributed by atoms with Gasteiger partial charge in [0.1, 0.15) is 0 Å². The SMILES string of the molecule is CC1OCCC1(C)NCC1CCCO1. The fraction of sp³-hybridized carbons (Fsp3) is 1.00. The summed E-state index contributed by atoms with van der Waals surface area (Å²) < 4.78 is 11.2. The van der Waals surface area contributed by atoms with Crippen LogP contribution in [0.15, 0.2) is 0 Å². The van der Waals surface area contributed by atoms with Crippen LogP contribution in [-0.2, 0) is 9.47 Å². The molecule has 0 saturated carbocycles. The van der Waals surface area contributed by atoms with E-state index in [9.17, 15) is 0 Å². The van der Waals surface area contributed by atoms with E-state index in [0.29, 0.717) is 12.2 Å².